The third kappa shape index (κ3) is 7.53. The molecule has 0 radical (unpaired) electrons. The van der Waals surface area contributed by atoms with Crippen molar-refractivity contribution in [1.82, 2.24) is 0 Å². The monoisotopic (exact) mass is 388 g/mol. The molecule has 2 nitrogen and oxygen atoms in total. The summed E-state index contributed by atoms with van der Waals surface area (Å²) in [6, 6.07) is 4.34. The maximum absolute atomic E-state index is 6.41. The molecule has 0 heterocycles. The van der Waals surface area contributed by atoms with E-state index in [4.69, 9.17) is 9.47 Å². The fourth-order valence-electron chi connectivity index (χ4n) is 3.12. The fourth-order valence-corrected chi connectivity index (χ4v) is 3.12. The summed E-state index contributed by atoms with van der Waals surface area (Å²) < 4.78 is 12.2. The van der Waals surface area contributed by atoms with Gasteiger partial charge in [0.15, 0.2) is 0 Å². The number of ether oxygens (including phenoxy) is 2. The molecule has 1 rings (SSSR count). The summed E-state index contributed by atoms with van der Waals surface area (Å²) in [5.41, 5.74) is 2.47. The molecule has 1 unspecified atom stereocenters. The maximum Gasteiger partial charge on any atom is 0.127 e. The average molecular weight is 389 g/mol. The zero-order valence-corrected chi connectivity index (χ0v) is 19.9. The van der Waals surface area contributed by atoms with E-state index in [1.54, 1.807) is 7.11 Å². The van der Waals surface area contributed by atoms with E-state index >= 15 is 0 Å². The van der Waals surface area contributed by atoms with E-state index < -0.39 is 0 Å². The van der Waals surface area contributed by atoms with Gasteiger partial charge in [-0.25, -0.2) is 0 Å². The second-order valence-corrected chi connectivity index (χ2v) is 9.74. The zero-order chi connectivity index (χ0) is 21.4. The van der Waals surface area contributed by atoms with E-state index in [-0.39, 0.29) is 10.8 Å². The lowest BCUT2D eigenvalue weighted by molar-refractivity contribution is 0.232. The first kappa shape index (κ1) is 24.6. The van der Waals surface area contributed by atoms with Crippen LogP contribution in [0.4, 0.5) is 0 Å². The smallest absolute Gasteiger partial charge is 0.127 e. The molecule has 0 aliphatic carbocycles. The van der Waals surface area contributed by atoms with Gasteiger partial charge in [0.1, 0.15) is 11.5 Å². The minimum Gasteiger partial charge on any atom is -0.496 e. The molecular formula is C26H44O2. The Morgan fingerprint density at radius 3 is 2.18 bits per heavy atom. The molecule has 28 heavy (non-hydrogen) atoms. The van der Waals surface area contributed by atoms with E-state index in [0.29, 0.717) is 5.92 Å². The molecule has 160 valence electrons. The van der Waals surface area contributed by atoms with Gasteiger partial charge in [0.25, 0.3) is 0 Å². The first-order valence-electron chi connectivity index (χ1n) is 11.1. The number of methoxy groups -OCH3 is 1. The number of rotatable bonds is 11. The first-order valence-corrected chi connectivity index (χ1v) is 11.1. The average Bonchev–Trinajstić information content (AvgIpc) is 2.65. The molecule has 0 aliphatic rings. The Hall–Kier alpha value is -1.44. The Labute approximate surface area is 174 Å². The van der Waals surface area contributed by atoms with Gasteiger partial charge in [0, 0.05) is 11.1 Å². The van der Waals surface area contributed by atoms with Gasteiger partial charge in [-0.15, -0.1) is 0 Å². The molecule has 2 heteroatoms. The van der Waals surface area contributed by atoms with Gasteiger partial charge in [-0.05, 0) is 41.7 Å². The molecule has 1 atom stereocenters. The highest BCUT2D eigenvalue weighted by Gasteiger charge is 2.22. The Morgan fingerprint density at radius 2 is 1.68 bits per heavy atom. The van der Waals surface area contributed by atoms with Gasteiger partial charge in [0.05, 0.1) is 13.7 Å². The molecule has 0 bridgehead atoms. The van der Waals surface area contributed by atoms with Crippen LogP contribution in [0.15, 0.2) is 18.2 Å². The summed E-state index contributed by atoms with van der Waals surface area (Å²) >= 11 is 0. The van der Waals surface area contributed by atoms with Crippen LogP contribution in [-0.4, -0.2) is 13.7 Å². The SMILES string of the molecule is CCCCC(CC)COc1cc(C(C)(C)C)c(OC)cc1/C=C/C(C)(C)CC. The summed E-state index contributed by atoms with van der Waals surface area (Å²) in [5.74, 6) is 2.53. The predicted octanol–water partition coefficient (Wildman–Crippen LogP) is 8.04. The summed E-state index contributed by atoms with van der Waals surface area (Å²) in [6.07, 6.45) is 10.5. The van der Waals surface area contributed by atoms with Crippen molar-refractivity contribution in [3.8, 4) is 11.5 Å². The molecule has 0 spiro atoms. The molecular weight excluding hydrogens is 344 g/mol. The van der Waals surface area contributed by atoms with Crippen LogP contribution >= 0.6 is 0 Å². The lowest BCUT2D eigenvalue weighted by Gasteiger charge is -2.25. The number of hydrogen-bond acceptors (Lipinski definition) is 2. The largest absolute Gasteiger partial charge is 0.496 e. The van der Waals surface area contributed by atoms with E-state index in [1.807, 2.05) is 0 Å². The standard InChI is InChI=1S/C26H44O2/c1-10-13-14-20(11-2)19-28-23-18-22(25(4,5)6)24(27-9)17-21(23)15-16-26(7,8)12-3/h15-18,20H,10-14,19H2,1-9H3/b16-15+. The first-order chi connectivity index (χ1) is 13.1. The Kier molecular flexibility index (Phi) is 9.60. The normalized spacial score (nSPS) is 13.8. The summed E-state index contributed by atoms with van der Waals surface area (Å²) in [7, 11) is 1.76. The minimum absolute atomic E-state index is 0.000749. The third-order valence-electron chi connectivity index (χ3n) is 5.78. The van der Waals surface area contributed by atoms with Crippen molar-refractivity contribution in [1.29, 1.82) is 0 Å². The molecule has 0 fully saturated rings. The van der Waals surface area contributed by atoms with Crippen molar-refractivity contribution in [2.24, 2.45) is 11.3 Å². The van der Waals surface area contributed by atoms with Crippen LogP contribution in [0.2, 0.25) is 0 Å². The summed E-state index contributed by atoms with van der Waals surface area (Å²) in [6.45, 7) is 18.7. The van der Waals surface area contributed by atoms with Gasteiger partial charge >= 0.3 is 0 Å². The van der Waals surface area contributed by atoms with Gasteiger partial charge in [-0.1, -0.05) is 86.8 Å². The minimum atomic E-state index is 0.000749. The zero-order valence-electron chi connectivity index (χ0n) is 19.9. The summed E-state index contributed by atoms with van der Waals surface area (Å²) in [4.78, 5) is 0. The highest BCUT2D eigenvalue weighted by molar-refractivity contribution is 5.63. The van der Waals surface area contributed by atoms with Crippen molar-refractivity contribution in [2.75, 3.05) is 13.7 Å². The molecule has 0 aromatic heterocycles. The molecule has 0 amide bonds. The van der Waals surface area contributed by atoms with Crippen LogP contribution in [0.3, 0.4) is 0 Å². The molecule has 1 aromatic rings. The lowest BCUT2D eigenvalue weighted by Crippen LogP contribution is -2.15. The molecule has 0 saturated heterocycles. The Bertz CT molecular complexity index is 620. The van der Waals surface area contributed by atoms with Crippen molar-refractivity contribution in [3.05, 3.63) is 29.3 Å². The molecule has 1 aromatic carbocycles. The fraction of sp³-hybridized carbons (Fsp3) is 0.692. The topological polar surface area (TPSA) is 18.5 Å². The van der Waals surface area contributed by atoms with Gasteiger partial charge in [0.2, 0.25) is 0 Å². The van der Waals surface area contributed by atoms with Crippen molar-refractivity contribution in [3.63, 3.8) is 0 Å². The van der Waals surface area contributed by atoms with Gasteiger partial charge < -0.3 is 9.47 Å². The van der Waals surface area contributed by atoms with Crippen molar-refractivity contribution in [2.45, 2.75) is 92.9 Å². The van der Waals surface area contributed by atoms with E-state index in [2.05, 4.69) is 79.7 Å². The maximum atomic E-state index is 6.41. The predicted molar refractivity (Wildman–Crippen MR) is 124 cm³/mol. The Balaban J connectivity index is 3.27. The highest BCUT2D eigenvalue weighted by atomic mass is 16.5. The van der Waals surface area contributed by atoms with Crippen LogP contribution in [0.1, 0.15) is 98.6 Å². The second-order valence-electron chi connectivity index (χ2n) is 9.74. The third-order valence-corrected chi connectivity index (χ3v) is 5.78. The van der Waals surface area contributed by atoms with Crippen LogP contribution < -0.4 is 9.47 Å². The molecule has 0 N–H and O–H groups in total. The van der Waals surface area contributed by atoms with Gasteiger partial charge in [-0.3, -0.25) is 0 Å². The highest BCUT2D eigenvalue weighted by Crippen LogP contribution is 2.38. The molecule has 0 saturated carbocycles. The molecule has 0 aliphatic heterocycles. The number of allylic oxidation sites excluding steroid dienone is 1. The van der Waals surface area contributed by atoms with Crippen LogP contribution in [-0.2, 0) is 5.41 Å². The van der Waals surface area contributed by atoms with E-state index in [0.717, 1.165) is 36.5 Å². The van der Waals surface area contributed by atoms with Crippen molar-refractivity contribution >= 4 is 6.08 Å². The lowest BCUT2D eigenvalue weighted by atomic mass is 9.85. The van der Waals surface area contributed by atoms with Crippen LogP contribution in [0.5, 0.6) is 11.5 Å². The van der Waals surface area contributed by atoms with Gasteiger partial charge in [-0.2, -0.15) is 0 Å². The summed E-state index contributed by atoms with van der Waals surface area (Å²) in [5, 5.41) is 0. The number of unbranched alkanes of at least 4 members (excludes halogenated alkanes) is 1. The van der Waals surface area contributed by atoms with Crippen molar-refractivity contribution < 1.29 is 9.47 Å². The quantitative estimate of drug-likeness (QED) is 0.382. The van der Waals surface area contributed by atoms with Crippen LogP contribution in [0, 0.1) is 11.3 Å². The second kappa shape index (κ2) is 10.9. The van der Waals surface area contributed by atoms with E-state index in [1.165, 1.54) is 24.8 Å². The Morgan fingerprint density at radius 1 is 1.00 bits per heavy atom. The van der Waals surface area contributed by atoms with E-state index in [9.17, 15) is 0 Å². The number of hydrogen-bond donors (Lipinski definition) is 0. The van der Waals surface area contributed by atoms with Crippen LogP contribution in [0.25, 0.3) is 6.08 Å². The number of benzene rings is 1.